The molecule has 0 spiro atoms. The lowest BCUT2D eigenvalue weighted by Crippen LogP contribution is -2.40. The number of rotatable bonds is 6. The second-order valence-electron chi connectivity index (χ2n) is 8.08. The van der Waals surface area contributed by atoms with E-state index in [2.05, 4.69) is 40.4 Å². The Labute approximate surface area is 175 Å². The molecule has 0 unspecified atom stereocenters. The zero-order chi connectivity index (χ0) is 20.9. The third kappa shape index (κ3) is 6.68. The summed E-state index contributed by atoms with van der Waals surface area (Å²) in [5.74, 6) is 0.468. The average molecular weight is 447 g/mol. The molecular formula is C22H27BrN2O3. The molecule has 28 heavy (non-hydrogen) atoms. The Morgan fingerprint density at radius 3 is 2.25 bits per heavy atom. The van der Waals surface area contributed by atoms with E-state index in [0.29, 0.717) is 35.1 Å². The second-order valence-corrected chi connectivity index (χ2v) is 9.00. The van der Waals surface area contributed by atoms with Crippen LogP contribution in [-0.4, -0.2) is 24.0 Å². The average Bonchev–Trinajstić information content (AvgIpc) is 2.59. The van der Waals surface area contributed by atoms with Gasteiger partial charge in [-0.2, -0.15) is 0 Å². The summed E-state index contributed by atoms with van der Waals surface area (Å²) >= 11 is 3.40. The number of hydrogen-bond donors (Lipinski definition) is 2. The minimum absolute atomic E-state index is 0.151. The highest BCUT2D eigenvalue weighted by Crippen LogP contribution is 2.25. The highest BCUT2D eigenvalue weighted by atomic mass is 79.9. The molecule has 150 valence electrons. The van der Waals surface area contributed by atoms with Crippen LogP contribution in [0.2, 0.25) is 0 Å². The predicted molar refractivity (Wildman–Crippen MR) is 116 cm³/mol. The van der Waals surface area contributed by atoms with Gasteiger partial charge in [0, 0.05) is 21.3 Å². The minimum Gasteiger partial charge on any atom is -0.492 e. The summed E-state index contributed by atoms with van der Waals surface area (Å²) in [6, 6.07) is 12.2. The van der Waals surface area contributed by atoms with Crippen molar-refractivity contribution in [1.29, 1.82) is 0 Å². The molecule has 0 heterocycles. The Hall–Kier alpha value is -2.34. The molecule has 2 N–H and O–H groups in total. The quantitative estimate of drug-likeness (QED) is 0.635. The zero-order valence-corrected chi connectivity index (χ0v) is 18.5. The van der Waals surface area contributed by atoms with Gasteiger partial charge in [0.05, 0.1) is 12.2 Å². The first kappa shape index (κ1) is 22.0. The van der Waals surface area contributed by atoms with Crippen molar-refractivity contribution in [3.8, 4) is 5.75 Å². The minimum atomic E-state index is -0.308. The summed E-state index contributed by atoms with van der Waals surface area (Å²) in [6.07, 6.45) is 0. The molecule has 0 atom stereocenters. The number of benzene rings is 2. The van der Waals surface area contributed by atoms with E-state index in [1.807, 2.05) is 26.8 Å². The number of ether oxygens (including phenoxy) is 1. The monoisotopic (exact) mass is 446 g/mol. The van der Waals surface area contributed by atoms with Gasteiger partial charge in [-0.15, -0.1) is 0 Å². The second kappa shape index (κ2) is 9.24. The number of hydrogen-bond acceptors (Lipinski definition) is 3. The van der Waals surface area contributed by atoms with Crippen molar-refractivity contribution in [3.05, 3.63) is 58.1 Å². The maximum Gasteiger partial charge on any atom is 0.259 e. The van der Waals surface area contributed by atoms with Crippen LogP contribution in [-0.2, 0) is 0 Å². The standard InChI is InChI=1S/C22H27BrN2O3/c1-14(2)13-28-19-11-8-16(23)12-18(19)21(27)24-17-9-6-15(7-10-17)20(26)25-22(3,4)5/h6-12,14H,13H2,1-5H3,(H,24,27)(H,25,26). The summed E-state index contributed by atoms with van der Waals surface area (Å²) in [5, 5.41) is 5.77. The van der Waals surface area contributed by atoms with E-state index in [9.17, 15) is 9.59 Å². The van der Waals surface area contributed by atoms with Crippen LogP contribution in [0.5, 0.6) is 5.75 Å². The van der Waals surface area contributed by atoms with Gasteiger partial charge in [0.15, 0.2) is 0 Å². The first-order valence-electron chi connectivity index (χ1n) is 9.21. The zero-order valence-electron chi connectivity index (χ0n) is 16.9. The van der Waals surface area contributed by atoms with Crippen molar-refractivity contribution < 1.29 is 14.3 Å². The van der Waals surface area contributed by atoms with E-state index in [1.54, 1.807) is 36.4 Å². The fourth-order valence-electron chi connectivity index (χ4n) is 2.38. The first-order chi connectivity index (χ1) is 13.0. The van der Waals surface area contributed by atoms with Crippen LogP contribution in [0.4, 0.5) is 5.69 Å². The van der Waals surface area contributed by atoms with Crippen molar-refractivity contribution >= 4 is 33.4 Å². The summed E-state index contributed by atoms with van der Waals surface area (Å²) in [6.45, 7) is 10.4. The summed E-state index contributed by atoms with van der Waals surface area (Å²) in [7, 11) is 0. The molecule has 2 aromatic carbocycles. The molecule has 2 rings (SSSR count). The van der Waals surface area contributed by atoms with E-state index in [-0.39, 0.29) is 17.4 Å². The third-order valence-electron chi connectivity index (χ3n) is 3.65. The normalized spacial score (nSPS) is 11.2. The molecule has 0 aromatic heterocycles. The number of carbonyl (C=O) groups excluding carboxylic acids is 2. The van der Waals surface area contributed by atoms with Crippen LogP contribution in [0, 0.1) is 5.92 Å². The predicted octanol–water partition coefficient (Wildman–Crippen LogP) is 5.26. The number of carbonyl (C=O) groups is 2. The maximum atomic E-state index is 12.7. The Bertz CT molecular complexity index is 840. The topological polar surface area (TPSA) is 67.4 Å². The molecule has 0 fully saturated rings. The molecule has 0 aliphatic rings. The molecule has 2 aromatic rings. The van der Waals surface area contributed by atoms with Gasteiger partial charge in [-0.05, 0) is 69.2 Å². The summed E-state index contributed by atoms with van der Waals surface area (Å²) in [5.41, 5.74) is 1.28. The van der Waals surface area contributed by atoms with E-state index >= 15 is 0 Å². The molecule has 0 saturated heterocycles. The van der Waals surface area contributed by atoms with Gasteiger partial charge in [-0.1, -0.05) is 29.8 Å². The summed E-state index contributed by atoms with van der Waals surface area (Å²) < 4.78 is 6.57. The van der Waals surface area contributed by atoms with Gasteiger partial charge in [-0.3, -0.25) is 9.59 Å². The van der Waals surface area contributed by atoms with Crippen LogP contribution in [0.25, 0.3) is 0 Å². The van der Waals surface area contributed by atoms with Crippen molar-refractivity contribution in [2.24, 2.45) is 5.92 Å². The number of nitrogens with one attached hydrogen (secondary N) is 2. The molecule has 2 amide bonds. The van der Waals surface area contributed by atoms with Gasteiger partial charge in [0.2, 0.25) is 0 Å². The maximum absolute atomic E-state index is 12.7. The van der Waals surface area contributed by atoms with Gasteiger partial charge < -0.3 is 15.4 Å². The fourth-order valence-corrected chi connectivity index (χ4v) is 2.74. The van der Waals surface area contributed by atoms with Crippen LogP contribution in [0.15, 0.2) is 46.9 Å². The van der Waals surface area contributed by atoms with Gasteiger partial charge in [0.1, 0.15) is 5.75 Å². The van der Waals surface area contributed by atoms with Crippen molar-refractivity contribution in [1.82, 2.24) is 5.32 Å². The van der Waals surface area contributed by atoms with Gasteiger partial charge in [0.25, 0.3) is 11.8 Å². The SMILES string of the molecule is CC(C)COc1ccc(Br)cc1C(=O)Nc1ccc(C(=O)NC(C)(C)C)cc1. The molecular weight excluding hydrogens is 420 g/mol. The Morgan fingerprint density at radius 2 is 1.68 bits per heavy atom. The van der Waals surface area contributed by atoms with Gasteiger partial charge in [-0.25, -0.2) is 0 Å². The Kier molecular flexibility index (Phi) is 7.24. The molecule has 0 radical (unpaired) electrons. The largest absolute Gasteiger partial charge is 0.492 e. The summed E-state index contributed by atoms with van der Waals surface area (Å²) in [4.78, 5) is 25.0. The van der Waals surface area contributed by atoms with Crippen LogP contribution < -0.4 is 15.4 Å². The van der Waals surface area contributed by atoms with E-state index in [1.165, 1.54) is 0 Å². The smallest absolute Gasteiger partial charge is 0.259 e. The highest BCUT2D eigenvalue weighted by Gasteiger charge is 2.17. The molecule has 0 saturated carbocycles. The highest BCUT2D eigenvalue weighted by molar-refractivity contribution is 9.10. The van der Waals surface area contributed by atoms with Crippen LogP contribution >= 0.6 is 15.9 Å². The van der Waals surface area contributed by atoms with Gasteiger partial charge >= 0.3 is 0 Å². The molecule has 6 heteroatoms. The van der Waals surface area contributed by atoms with Crippen molar-refractivity contribution in [2.75, 3.05) is 11.9 Å². The van der Waals surface area contributed by atoms with Crippen LogP contribution in [0.3, 0.4) is 0 Å². The molecule has 0 bridgehead atoms. The van der Waals surface area contributed by atoms with Crippen molar-refractivity contribution in [2.45, 2.75) is 40.2 Å². The lowest BCUT2D eigenvalue weighted by Gasteiger charge is -2.20. The molecule has 0 aliphatic heterocycles. The van der Waals surface area contributed by atoms with Crippen LogP contribution in [0.1, 0.15) is 55.3 Å². The van der Waals surface area contributed by atoms with E-state index in [0.717, 1.165) is 4.47 Å². The van der Waals surface area contributed by atoms with Crippen molar-refractivity contribution in [3.63, 3.8) is 0 Å². The van der Waals surface area contributed by atoms with E-state index < -0.39 is 0 Å². The fraction of sp³-hybridized carbons (Fsp3) is 0.364. The number of amides is 2. The first-order valence-corrected chi connectivity index (χ1v) is 10.0. The molecule has 5 nitrogen and oxygen atoms in total. The lowest BCUT2D eigenvalue weighted by molar-refractivity contribution is 0.0919. The number of anilines is 1. The molecule has 0 aliphatic carbocycles. The van der Waals surface area contributed by atoms with E-state index in [4.69, 9.17) is 4.74 Å². The Morgan fingerprint density at radius 1 is 1.04 bits per heavy atom. The number of halogens is 1. The lowest BCUT2D eigenvalue weighted by atomic mass is 10.1. The Balaban J connectivity index is 2.12. The third-order valence-corrected chi connectivity index (χ3v) is 4.15.